The molecule has 0 aliphatic carbocycles. The largest absolute Gasteiger partial charge is 0.468 e. The predicted octanol–water partition coefficient (Wildman–Crippen LogP) is 1.07. The molecule has 94 valence electrons. The Balaban J connectivity index is 2.83. The van der Waals surface area contributed by atoms with Crippen molar-refractivity contribution in [3.63, 3.8) is 0 Å². The monoisotopic (exact) mass is 322 g/mol. The van der Waals surface area contributed by atoms with E-state index in [0.29, 0.717) is 10.3 Å². The van der Waals surface area contributed by atoms with Crippen LogP contribution in [0.3, 0.4) is 0 Å². The van der Waals surface area contributed by atoms with E-state index < -0.39 is 21.7 Å². The Bertz CT molecular complexity index is 530. The number of esters is 1. The summed E-state index contributed by atoms with van der Waals surface area (Å²) in [5.74, 6) is -1.54. The number of nitrogens with zero attached hydrogens (tertiary/aromatic N) is 1. The molecule has 1 N–H and O–H groups in total. The molecule has 0 amide bonds. The first-order valence-electron chi connectivity index (χ1n) is 4.53. The Morgan fingerprint density at radius 1 is 1.59 bits per heavy atom. The molecular formula is C9H11BrN2O4S. The van der Waals surface area contributed by atoms with E-state index in [1.165, 1.54) is 6.20 Å². The Morgan fingerprint density at radius 2 is 2.24 bits per heavy atom. The number of methoxy groups -OCH3 is 1. The van der Waals surface area contributed by atoms with Crippen LogP contribution in [-0.4, -0.2) is 32.2 Å². The Hall–Kier alpha value is -1.15. The van der Waals surface area contributed by atoms with Crippen molar-refractivity contribution in [3.05, 3.63) is 22.4 Å². The van der Waals surface area contributed by atoms with Crippen molar-refractivity contribution in [3.8, 4) is 0 Å². The van der Waals surface area contributed by atoms with Crippen LogP contribution in [0.4, 0.5) is 5.69 Å². The molecular weight excluding hydrogens is 312 g/mol. The van der Waals surface area contributed by atoms with E-state index in [1.54, 1.807) is 13.0 Å². The van der Waals surface area contributed by atoms with Gasteiger partial charge in [0.2, 0.25) is 10.0 Å². The Kier molecular flexibility index (Phi) is 4.47. The first-order valence-corrected chi connectivity index (χ1v) is 6.98. The van der Waals surface area contributed by atoms with Crippen LogP contribution in [0.5, 0.6) is 0 Å². The maximum Gasteiger partial charge on any atom is 0.322 e. The predicted molar refractivity (Wildman–Crippen MR) is 66.1 cm³/mol. The summed E-state index contributed by atoms with van der Waals surface area (Å²) in [6.45, 7) is 1.77. The molecule has 0 unspecified atom stereocenters. The van der Waals surface area contributed by atoms with E-state index in [9.17, 15) is 13.2 Å². The number of rotatable bonds is 4. The van der Waals surface area contributed by atoms with Crippen LogP contribution in [0.2, 0.25) is 0 Å². The number of aryl methyl sites for hydroxylation is 1. The summed E-state index contributed by atoms with van der Waals surface area (Å²) in [4.78, 5) is 14.8. The van der Waals surface area contributed by atoms with Crippen LogP contribution in [0.25, 0.3) is 0 Å². The van der Waals surface area contributed by atoms with Gasteiger partial charge < -0.3 is 4.74 Å². The van der Waals surface area contributed by atoms with Crippen LogP contribution in [0.1, 0.15) is 5.56 Å². The molecule has 1 rings (SSSR count). The van der Waals surface area contributed by atoms with Crippen molar-refractivity contribution in [2.24, 2.45) is 0 Å². The molecule has 0 fully saturated rings. The Labute approximate surface area is 108 Å². The zero-order valence-electron chi connectivity index (χ0n) is 9.23. The molecule has 0 atom stereocenters. The minimum absolute atomic E-state index is 0.301. The van der Waals surface area contributed by atoms with Crippen molar-refractivity contribution in [2.75, 3.05) is 17.6 Å². The number of hydrogen-bond donors (Lipinski definition) is 1. The second-order valence-electron chi connectivity index (χ2n) is 3.27. The molecule has 6 nitrogen and oxygen atoms in total. The molecule has 0 saturated heterocycles. The van der Waals surface area contributed by atoms with Crippen molar-refractivity contribution in [2.45, 2.75) is 6.92 Å². The molecule has 1 heterocycles. The molecule has 0 bridgehead atoms. The summed E-state index contributed by atoms with van der Waals surface area (Å²) < 4.78 is 30.2. The number of pyridine rings is 1. The minimum atomic E-state index is -3.76. The maximum atomic E-state index is 11.5. The lowest BCUT2D eigenvalue weighted by atomic mass is 10.3. The van der Waals surface area contributed by atoms with Gasteiger partial charge in [0.25, 0.3) is 0 Å². The second-order valence-corrected chi connectivity index (χ2v) is 5.74. The van der Waals surface area contributed by atoms with Gasteiger partial charge in [-0.05, 0) is 34.5 Å². The molecule has 1 aromatic rings. The van der Waals surface area contributed by atoms with E-state index >= 15 is 0 Å². The average Bonchev–Trinajstić information content (AvgIpc) is 2.22. The van der Waals surface area contributed by atoms with Crippen LogP contribution in [-0.2, 0) is 19.6 Å². The number of anilines is 1. The highest BCUT2D eigenvalue weighted by molar-refractivity contribution is 9.10. The molecule has 8 heteroatoms. The van der Waals surface area contributed by atoms with E-state index in [4.69, 9.17) is 0 Å². The second kappa shape index (κ2) is 5.46. The highest BCUT2D eigenvalue weighted by Gasteiger charge is 2.17. The molecule has 0 aliphatic heterocycles. The van der Waals surface area contributed by atoms with Crippen molar-refractivity contribution in [1.29, 1.82) is 0 Å². The van der Waals surface area contributed by atoms with Crippen LogP contribution >= 0.6 is 15.9 Å². The molecule has 1 aromatic heterocycles. The van der Waals surface area contributed by atoms with Gasteiger partial charge in [0.05, 0.1) is 19.0 Å². The fourth-order valence-electron chi connectivity index (χ4n) is 1.04. The SMILES string of the molecule is COC(=O)CS(=O)(=O)Nc1cnc(Br)c(C)c1. The van der Waals surface area contributed by atoms with Crippen LogP contribution in [0.15, 0.2) is 16.9 Å². The van der Waals surface area contributed by atoms with Gasteiger partial charge in [-0.15, -0.1) is 0 Å². The smallest absolute Gasteiger partial charge is 0.322 e. The van der Waals surface area contributed by atoms with Gasteiger partial charge in [0, 0.05) is 0 Å². The Morgan fingerprint density at radius 3 is 2.76 bits per heavy atom. The summed E-state index contributed by atoms with van der Waals surface area (Å²) in [5.41, 5.74) is 1.08. The van der Waals surface area contributed by atoms with Gasteiger partial charge in [0.1, 0.15) is 4.60 Å². The van der Waals surface area contributed by atoms with Gasteiger partial charge in [-0.25, -0.2) is 13.4 Å². The summed E-state index contributed by atoms with van der Waals surface area (Å²) in [6, 6.07) is 1.60. The quantitative estimate of drug-likeness (QED) is 0.662. The zero-order chi connectivity index (χ0) is 13.1. The van der Waals surface area contributed by atoms with E-state index in [0.717, 1.165) is 12.7 Å². The summed E-state index contributed by atoms with van der Waals surface area (Å²) >= 11 is 3.20. The molecule has 0 aromatic carbocycles. The standard InChI is InChI=1S/C9H11BrN2O4S/c1-6-3-7(4-11-9(6)10)12-17(14,15)5-8(13)16-2/h3-4,12H,5H2,1-2H3. The lowest BCUT2D eigenvalue weighted by Gasteiger charge is -2.07. The lowest BCUT2D eigenvalue weighted by Crippen LogP contribution is -2.23. The highest BCUT2D eigenvalue weighted by atomic mass is 79.9. The number of nitrogens with one attached hydrogen (secondary N) is 1. The zero-order valence-corrected chi connectivity index (χ0v) is 11.6. The highest BCUT2D eigenvalue weighted by Crippen LogP contribution is 2.17. The number of ether oxygens (including phenoxy) is 1. The van der Waals surface area contributed by atoms with Crippen LogP contribution in [0, 0.1) is 6.92 Å². The third kappa shape index (κ3) is 4.31. The van der Waals surface area contributed by atoms with Crippen LogP contribution < -0.4 is 4.72 Å². The molecule has 17 heavy (non-hydrogen) atoms. The maximum absolute atomic E-state index is 11.5. The topological polar surface area (TPSA) is 85.4 Å². The first kappa shape index (κ1) is 13.9. The number of carbonyl (C=O) groups excluding carboxylic acids is 1. The molecule has 0 saturated carbocycles. The summed E-state index contributed by atoms with van der Waals surface area (Å²) in [7, 11) is -2.63. The van der Waals surface area contributed by atoms with Gasteiger partial charge in [-0.2, -0.15) is 0 Å². The summed E-state index contributed by atoms with van der Waals surface area (Å²) in [6.07, 6.45) is 1.35. The third-order valence-corrected chi connectivity index (χ3v) is 3.82. The number of aromatic nitrogens is 1. The third-order valence-electron chi connectivity index (χ3n) is 1.82. The van der Waals surface area contributed by atoms with Gasteiger partial charge >= 0.3 is 5.97 Å². The molecule has 0 spiro atoms. The number of sulfonamides is 1. The van der Waals surface area contributed by atoms with E-state index in [-0.39, 0.29) is 0 Å². The lowest BCUT2D eigenvalue weighted by molar-refractivity contribution is -0.137. The molecule has 0 radical (unpaired) electrons. The normalized spacial score (nSPS) is 11.0. The van der Waals surface area contributed by atoms with Crippen molar-refractivity contribution in [1.82, 2.24) is 4.98 Å². The fourth-order valence-corrected chi connectivity index (χ4v) is 2.23. The van der Waals surface area contributed by atoms with Crippen molar-refractivity contribution >= 4 is 37.6 Å². The average molecular weight is 323 g/mol. The fraction of sp³-hybridized carbons (Fsp3) is 0.333. The number of hydrogen-bond acceptors (Lipinski definition) is 5. The van der Waals surface area contributed by atoms with Crippen molar-refractivity contribution < 1.29 is 17.9 Å². The number of halogens is 1. The first-order chi connectivity index (χ1) is 7.84. The summed E-state index contributed by atoms with van der Waals surface area (Å²) in [5, 5.41) is 0. The molecule has 0 aliphatic rings. The van der Waals surface area contributed by atoms with Gasteiger partial charge in [0.15, 0.2) is 5.75 Å². The van der Waals surface area contributed by atoms with E-state index in [2.05, 4.69) is 30.4 Å². The minimum Gasteiger partial charge on any atom is -0.468 e. The van der Waals surface area contributed by atoms with Gasteiger partial charge in [-0.3, -0.25) is 9.52 Å². The van der Waals surface area contributed by atoms with E-state index in [1.807, 2.05) is 0 Å². The number of carbonyl (C=O) groups is 1. The van der Waals surface area contributed by atoms with Gasteiger partial charge in [-0.1, -0.05) is 0 Å².